The number of aromatic nitrogens is 2. The first-order valence-corrected chi connectivity index (χ1v) is 10.1. The van der Waals surface area contributed by atoms with Gasteiger partial charge in [-0.2, -0.15) is 18.3 Å². The number of amides is 2. The zero-order valence-corrected chi connectivity index (χ0v) is 18.3. The van der Waals surface area contributed by atoms with E-state index in [-0.39, 0.29) is 12.2 Å². The Morgan fingerprint density at radius 3 is 2.45 bits per heavy atom. The van der Waals surface area contributed by atoms with Crippen LogP contribution in [0.5, 0.6) is 5.75 Å². The Morgan fingerprint density at radius 1 is 1.15 bits per heavy atom. The second-order valence-electron chi connectivity index (χ2n) is 7.25. The molecule has 3 rings (SSSR count). The number of rotatable bonds is 7. The van der Waals surface area contributed by atoms with E-state index in [1.54, 1.807) is 43.3 Å². The third kappa shape index (κ3) is 5.51. The van der Waals surface area contributed by atoms with Crippen molar-refractivity contribution in [3.8, 4) is 11.4 Å². The molecule has 33 heavy (non-hydrogen) atoms. The maximum atomic E-state index is 13.9. The van der Waals surface area contributed by atoms with Gasteiger partial charge in [-0.1, -0.05) is 23.8 Å². The number of hydrogen-bond donors (Lipinski definition) is 1. The molecule has 2 amide bonds. The fourth-order valence-corrected chi connectivity index (χ4v) is 3.23. The van der Waals surface area contributed by atoms with Gasteiger partial charge in [-0.25, -0.2) is 4.68 Å². The number of carbonyl (C=O) groups is 2. The first kappa shape index (κ1) is 23.8. The molecule has 0 unspecified atom stereocenters. The topological polar surface area (TPSA) is 76.5 Å². The number of nitrogens with zero attached hydrogens (tertiary/aromatic N) is 3. The number of halogens is 3. The van der Waals surface area contributed by atoms with E-state index in [4.69, 9.17) is 4.74 Å². The van der Waals surface area contributed by atoms with Gasteiger partial charge in [0.1, 0.15) is 12.3 Å². The molecule has 10 heteroatoms. The van der Waals surface area contributed by atoms with Crippen LogP contribution in [-0.4, -0.2) is 46.7 Å². The molecule has 3 aromatic rings. The summed E-state index contributed by atoms with van der Waals surface area (Å²) in [7, 11) is 1.48. The first-order chi connectivity index (χ1) is 15.6. The van der Waals surface area contributed by atoms with Gasteiger partial charge in [0.25, 0.3) is 5.91 Å². The highest BCUT2D eigenvalue weighted by Crippen LogP contribution is 2.34. The fraction of sp³-hybridized carbons (Fsp3) is 0.261. The molecule has 0 aliphatic carbocycles. The van der Waals surface area contributed by atoms with Crippen molar-refractivity contribution in [1.82, 2.24) is 14.7 Å². The second-order valence-corrected chi connectivity index (χ2v) is 7.25. The molecule has 0 saturated carbocycles. The van der Waals surface area contributed by atoms with Crippen LogP contribution >= 0.6 is 0 Å². The van der Waals surface area contributed by atoms with Gasteiger partial charge >= 0.3 is 6.18 Å². The zero-order valence-electron chi connectivity index (χ0n) is 18.3. The summed E-state index contributed by atoms with van der Waals surface area (Å²) >= 11 is 0. The van der Waals surface area contributed by atoms with E-state index in [9.17, 15) is 22.8 Å². The molecule has 0 fully saturated rings. The van der Waals surface area contributed by atoms with Crippen LogP contribution in [0.1, 0.15) is 28.5 Å². The Morgan fingerprint density at radius 2 is 1.85 bits per heavy atom. The van der Waals surface area contributed by atoms with Crippen LogP contribution in [0.2, 0.25) is 0 Å². The maximum Gasteiger partial charge on any atom is 0.434 e. The van der Waals surface area contributed by atoms with Crippen molar-refractivity contribution < 1.29 is 27.5 Å². The first-order valence-electron chi connectivity index (χ1n) is 10.1. The van der Waals surface area contributed by atoms with E-state index in [0.29, 0.717) is 16.1 Å². The van der Waals surface area contributed by atoms with E-state index in [1.165, 1.54) is 19.2 Å². The second kappa shape index (κ2) is 9.76. The molecule has 0 spiro atoms. The monoisotopic (exact) mass is 460 g/mol. The molecular weight excluding hydrogens is 437 g/mol. The van der Waals surface area contributed by atoms with Gasteiger partial charge in [0.2, 0.25) is 5.91 Å². The van der Waals surface area contributed by atoms with Crippen molar-refractivity contribution in [2.24, 2.45) is 0 Å². The Balaban J connectivity index is 1.86. The Bertz CT molecular complexity index is 1140. The summed E-state index contributed by atoms with van der Waals surface area (Å²) in [6, 6.07) is 12.9. The minimum absolute atomic E-state index is 0.0252. The van der Waals surface area contributed by atoms with Gasteiger partial charge in [-0.3, -0.25) is 9.59 Å². The smallest absolute Gasteiger partial charge is 0.434 e. The average Bonchev–Trinajstić information content (AvgIpc) is 3.23. The van der Waals surface area contributed by atoms with Gasteiger partial charge < -0.3 is 15.0 Å². The minimum atomic E-state index is -4.84. The van der Waals surface area contributed by atoms with Gasteiger partial charge in [-0.05, 0) is 38.1 Å². The van der Waals surface area contributed by atoms with E-state index in [2.05, 4.69) is 10.4 Å². The summed E-state index contributed by atoms with van der Waals surface area (Å²) in [6.45, 7) is 2.98. The number of benzene rings is 2. The Labute approximate surface area is 188 Å². The lowest BCUT2D eigenvalue weighted by Gasteiger charge is -2.21. The number of aryl methyl sites for hydroxylation is 1. The summed E-state index contributed by atoms with van der Waals surface area (Å²) in [5.74, 6) is -0.975. The van der Waals surface area contributed by atoms with Crippen molar-refractivity contribution in [2.45, 2.75) is 20.0 Å². The summed E-state index contributed by atoms with van der Waals surface area (Å²) in [6.07, 6.45) is -3.96. The van der Waals surface area contributed by atoms with Crippen molar-refractivity contribution in [1.29, 1.82) is 0 Å². The highest BCUT2D eigenvalue weighted by Gasteiger charge is 2.41. The number of methoxy groups -OCH3 is 1. The number of likely N-dealkylation sites (N-methyl/N-ethyl adjacent to an activating group) is 1. The van der Waals surface area contributed by atoms with Crippen LogP contribution in [0.25, 0.3) is 5.69 Å². The zero-order chi connectivity index (χ0) is 24.2. The van der Waals surface area contributed by atoms with Gasteiger partial charge in [-0.15, -0.1) is 0 Å². The highest BCUT2D eigenvalue weighted by molar-refractivity contribution is 6.00. The summed E-state index contributed by atoms with van der Waals surface area (Å²) < 4.78 is 47.6. The number of hydrogen-bond acceptors (Lipinski definition) is 4. The van der Waals surface area contributed by atoms with Gasteiger partial charge in [0.15, 0.2) is 5.69 Å². The van der Waals surface area contributed by atoms with Crippen LogP contribution in [0.15, 0.2) is 54.7 Å². The maximum absolute atomic E-state index is 13.9. The van der Waals surface area contributed by atoms with E-state index < -0.39 is 35.8 Å². The standard InChI is InChI=1S/C23H23F3N4O3/c1-4-29(14-20(31)28-16-6-5-7-18(12-16)33-3)22(32)19-13-27-30(21(19)23(24,25)26)17-10-8-15(2)9-11-17/h5-13H,4,14H2,1-3H3,(H,28,31). The lowest BCUT2D eigenvalue weighted by Crippen LogP contribution is -2.38. The normalized spacial score (nSPS) is 11.2. The lowest BCUT2D eigenvalue weighted by molar-refractivity contribution is -0.143. The van der Waals surface area contributed by atoms with Crippen molar-refractivity contribution in [2.75, 3.05) is 25.5 Å². The third-order valence-corrected chi connectivity index (χ3v) is 4.90. The Hall–Kier alpha value is -3.82. The van der Waals surface area contributed by atoms with Crippen LogP contribution in [0, 0.1) is 6.92 Å². The Kier molecular flexibility index (Phi) is 7.05. The third-order valence-electron chi connectivity index (χ3n) is 4.90. The van der Waals surface area contributed by atoms with Crippen molar-refractivity contribution in [3.05, 3.63) is 71.5 Å². The SMILES string of the molecule is CCN(CC(=O)Nc1cccc(OC)c1)C(=O)c1cnn(-c2ccc(C)cc2)c1C(F)(F)F. The molecule has 0 radical (unpaired) electrons. The van der Waals surface area contributed by atoms with E-state index in [1.807, 2.05) is 6.92 Å². The van der Waals surface area contributed by atoms with Gasteiger partial charge in [0, 0.05) is 18.3 Å². The molecule has 7 nitrogen and oxygen atoms in total. The predicted molar refractivity (Wildman–Crippen MR) is 117 cm³/mol. The molecular formula is C23H23F3N4O3. The average molecular weight is 460 g/mol. The molecule has 0 saturated heterocycles. The fourth-order valence-electron chi connectivity index (χ4n) is 3.23. The highest BCUT2D eigenvalue weighted by atomic mass is 19.4. The molecule has 0 bridgehead atoms. The van der Waals surface area contributed by atoms with E-state index >= 15 is 0 Å². The van der Waals surface area contributed by atoms with Crippen molar-refractivity contribution in [3.63, 3.8) is 0 Å². The van der Waals surface area contributed by atoms with Crippen molar-refractivity contribution >= 4 is 17.5 Å². The largest absolute Gasteiger partial charge is 0.497 e. The summed E-state index contributed by atoms with van der Waals surface area (Å²) in [5, 5.41) is 6.43. The summed E-state index contributed by atoms with van der Waals surface area (Å²) in [5.41, 5.74) is -0.339. The number of ether oxygens (including phenoxy) is 1. The molecule has 2 aromatic carbocycles. The minimum Gasteiger partial charge on any atom is -0.497 e. The lowest BCUT2D eigenvalue weighted by atomic mass is 10.2. The molecule has 174 valence electrons. The summed E-state index contributed by atoms with van der Waals surface area (Å²) in [4.78, 5) is 26.5. The molecule has 0 aliphatic rings. The molecule has 1 aromatic heterocycles. The molecule has 0 aliphatic heterocycles. The van der Waals surface area contributed by atoms with Crippen LogP contribution in [0.4, 0.5) is 18.9 Å². The van der Waals surface area contributed by atoms with Gasteiger partial charge in [0.05, 0.1) is 24.6 Å². The van der Waals surface area contributed by atoms with Crippen LogP contribution in [-0.2, 0) is 11.0 Å². The molecule has 1 heterocycles. The van der Waals surface area contributed by atoms with Crippen LogP contribution in [0.3, 0.4) is 0 Å². The molecule has 1 N–H and O–H groups in total. The number of carbonyl (C=O) groups excluding carboxylic acids is 2. The van der Waals surface area contributed by atoms with Crippen LogP contribution < -0.4 is 10.1 Å². The number of anilines is 1. The number of alkyl halides is 3. The quantitative estimate of drug-likeness (QED) is 0.570. The predicted octanol–water partition coefficient (Wildman–Crippen LogP) is 4.31. The molecule has 0 atom stereocenters. The number of nitrogens with one attached hydrogen (secondary N) is 1. The van der Waals surface area contributed by atoms with E-state index in [0.717, 1.165) is 16.7 Å².